The number of hydrogen-bond donors (Lipinski definition) is 2. The van der Waals surface area contributed by atoms with Gasteiger partial charge in [0.25, 0.3) is 11.8 Å². The molecule has 0 radical (unpaired) electrons. The molecule has 6 rings (SSSR count). The van der Waals surface area contributed by atoms with E-state index in [1.165, 1.54) is 24.4 Å². The molecule has 2 saturated heterocycles. The molecule has 2 N–H and O–H groups in total. The van der Waals surface area contributed by atoms with Crippen molar-refractivity contribution in [2.45, 2.75) is 38.8 Å². The van der Waals surface area contributed by atoms with Gasteiger partial charge < -0.3 is 35.2 Å². The first-order valence-corrected chi connectivity index (χ1v) is 17.4. The van der Waals surface area contributed by atoms with Gasteiger partial charge in [0.2, 0.25) is 0 Å². The molecule has 274 valence electrons. The topological polar surface area (TPSA) is 110 Å². The summed E-state index contributed by atoms with van der Waals surface area (Å²) < 4.78 is 51.0. The number of nitrogens with zero attached hydrogens (tertiary/aromatic N) is 4. The van der Waals surface area contributed by atoms with Gasteiger partial charge in [0.05, 0.1) is 42.4 Å². The summed E-state index contributed by atoms with van der Waals surface area (Å²) in [6.07, 6.45) is -2.96. The van der Waals surface area contributed by atoms with E-state index < -0.39 is 17.6 Å². The molecule has 2 unspecified atom stereocenters. The number of benzene rings is 3. The zero-order chi connectivity index (χ0) is 36.7. The zero-order valence-corrected chi connectivity index (χ0v) is 33.3. The minimum absolute atomic E-state index is 0. The van der Waals surface area contributed by atoms with Gasteiger partial charge in [-0.3, -0.25) is 14.6 Å². The summed E-state index contributed by atoms with van der Waals surface area (Å²) in [5, 5.41) is 10.4. The van der Waals surface area contributed by atoms with Crippen LogP contribution >= 0.6 is 0 Å². The molecule has 2 atom stereocenters. The first-order chi connectivity index (χ1) is 25.0. The molecule has 4 aromatic rings. The zero-order valence-electron chi connectivity index (χ0n) is 30.2. The number of amides is 2. The van der Waals surface area contributed by atoms with Gasteiger partial charge in [0.1, 0.15) is 0 Å². The number of carbonyl (C=O) groups excluding carboxylic acids is 2. The van der Waals surface area contributed by atoms with E-state index in [9.17, 15) is 22.8 Å². The number of hydrogen-bond acceptors (Lipinski definition) is 7. The Morgan fingerprint density at radius 3 is 2.40 bits per heavy atom. The number of halogens is 3. The summed E-state index contributed by atoms with van der Waals surface area (Å²) in [5.74, 6) is -0.810. The van der Waals surface area contributed by atoms with E-state index in [4.69, 9.17) is 14.8 Å². The van der Waals surface area contributed by atoms with Crippen LogP contribution in [-0.4, -0.2) is 86.4 Å². The molecule has 3 heterocycles. The van der Waals surface area contributed by atoms with Gasteiger partial charge in [-0.2, -0.15) is 13.2 Å². The maximum absolute atomic E-state index is 13.7. The molecule has 0 spiro atoms. The van der Waals surface area contributed by atoms with Crippen molar-refractivity contribution in [3.63, 3.8) is 0 Å². The van der Waals surface area contributed by atoms with Crippen LogP contribution in [0.5, 0.6) is 0 Å². The monoisotopic (exact) mass is 754 g/mol. The van der Waals surface area contributed by atoms with Crippen LogP contribution in [0.3, 0.4) is 0 Å². The molecular formula is C39H42F3KN6O4. The Bertz CT molecular complexity index is 1860. The molecule has 14 heteroatoms. The molecule has 2 aliphatic heterocycles. The van der Waals surface area contributed by atoms with Gasteiger partial charge in [-0.15, -0.1) is 12.2 Å². The number of carbonyl (C=O) groups is 2. The molecular weight excluding hydrogens is 713 g/mol. The predicted octanol–water partition coefficient (Wildman–Crippen LogP) is 3.90. The molecule has 53 heavy (non-hydrogen) atoms. The molecule has 0 bridgehead atoms. The third-order valence-electron chi connectivity index (χ3n) is 8.96. The van der Waals surface area contributed by atoms with E-state index in [0.717, 1.165) is 50.7 Å². The van der Waals surface area contributed by atoms with Crippen LogP contribution in [0.2, 0.25) is 0 Å². The van der Waals surface area contributed by atoms with Crippen molar-refractivity contribution in [2.75, 3.05) is 62.7 Å². The van der Waals surface area contributed by atoms with Crippen molar-refractivity contribution < 1.29 is 83.6 Å². The number of nitrogens with one attached hydrogen (secondary N) is 2. The van der Waals surface area contributed by atoms with E-state index in [1.54, 1.807) is 24.3 Å². The average molecular weight is 755 g/mol. The minimum atomic E-state index is -4.49. The normalized spacial score (nSPS) is 17.8. The number of alkyl halides is 3. The van der Waals surface area contributed by atoms with Crippen molar-refractivity contribution in [3.8, 4) is 11.3 Å². The Labute approximate surface area is 350 Å². The Hall–Kier alpha value is -3.34. The van der Waals surface area contributed by atoms with Crippen molar-refractivity contribution >= 4 is 28.9 Å². The van der Waals surface area contributed by atoms with Crippen molar-refractivity contribution in [2.24, 2.45) is 0 Å². The Kier molecular flexibility index (Phi) is 14.5. The fourth-order valence-corrected chi connectivity index (χ4v) is 6.38. The predicted molar refractivity (Wildman–Crippen MR) is 194 cm³/mol. The minimum Gasteiger partial charge on any atom is -0.683 e. The van der Waals surface area contributed by atoms with Crippen LogP contribution in [0, 0.1) is 0 Å². The molecule has 2 fully saturated rings. The second-order valence-electron chi connectivity index (χ2n) is 13.0. The molecule has 0 aliphatic carbocycles. The van der Waals surface area contributed by atoms with Crippen molar-refractivity contribution in [1.29, 1.82) is 0 Å². The van der Waals surface area contributed by atoms with Crippen LogP contribution in [0.25, 0.3) is 16.6 Å². The van der Waals surface area contributed by atoms with Crippen LogP contribution in [0.4, 0.5) is 30.2 Å². The van der Waals surface area contributed by atoms with Gasteiger partial charge >= 0.3 is 57.6 Å². The van der Waals surface area contributed by atoms with Crippen LogP contribution in [0.1, 0.15) is 45.7 Å². The third-order valence-corrected chi connectivity index (χ3v) is 8.96. The summed E-state index contributed by atoms with van der Waals surface area (Å²) in [4.78, 5) is 36.0. The first-order valence-electron chi connectivity index (χ1n) is 17.4. The van der Waals surface area contributed by atoms with Gasteiger partial charge in [0.15, 0.2) is 0 Å². The second-order valence-corrected chi connectivity index (χ2v) is 13.0. The molecule has 3 aromatic carbocycles. The maximum Gasteiger partial charge on any atom is 1.00 e. The number of rotatable bonds is 11. The molecule has 10 nitrogen and oxygen atoms in total. The summed E-state index contributed by atoms with van der Waals surface area (Å²) in [6, 6.07) is 20.8. The summed E-state index contributed by atoms with van der Waals surface area (Å²) in [6.45, 7) is 9.90. The Balaban J connectivity index is 0.00000541. The van der Waals surface area contributed by atoms with E-state index in [0.29, 0.717) is 53.4 Å². The van der Waals surface area contributed by atoms with Crippen molar-refractivity contribution in [3.05, 3.63) is 113 Å². The van der Waals surface area contributed by atoms with E-state index in [1.807, 2.05) is 38.1 Å². The molecule has 1 aromatic heterocycles. The molecule has 0 saturated carbocycles. The van der Waals surface area contributed by atoms with E-state index >= 15 is 0 Å². The molecule has 2 aliphatic rings. The number of morpholine rings is 2. The van der Waals surface area contributed by atoms with E-state index in [-0.39, 0.29) is 81.6 Å². The number of anilines is 2. The standard InChI is InChI=1S/C39H42F3N6O4.K/c1-26-24-48(25-27(2)52-26)33-9-10-35(46-38(50)29-6-4-8-32(20-29)43-13-14-47-15-17-51-18-16-47)34(22-33)36-21-30(11-12-44-36)37(49)45-23-28-5-3-7-31(19-28)39(40,41)42;/h3-12,19-22,26-27H,13-18,23-25H2,1-2H3,(H,45,49)(H,44,46,50);/q-1;+1. The summed E-state index contributed by atoms with van der Waals surface area (Å²) in [5.41, 5.74) is 3.36. The fraction of sp³-hybridized carbons (Fsp3) is 0.359. The average Bonchev–Trinajstić information content (AvgIpc) is 3.14. The summed E-state index contributed by atoms with van der Waals surface area (Å²) in [7, 11) is 0. The Morgan fingerprint density at radius 1 is 0.906 bits per heavy atom. The smallest absolute Gasteiger partial charge is 0.683 e. The summed E-state index contributed by atoms with van der Waals surface area (Å²) >= 11 is 0. The van der Waals surface area contributed by atoms with Gasteiger partial charge in [-0.25, -0.2) is 0 Å². The quantitative estimate of drug-likeness (QED) is 0.224. The second kappa shape index (κ2) is 18.8. The maximum atomic E-state index is 13.7. The SMILES string of the molecule is CC1CN(c2ccc(NC(=O)c3cccc([N-]CCN4CCOCC4)c3)c(-c3cc(C(=O)NCc4cccc(C(F)(F)F)c4)ccn3)c2)CC(C)O1.[K+]. The third kappa shape index (κ3) is 11.3. The van der Waals surface area contributed by atoms with Crippen molar-refractivity contribution in [1.82, 2.24) is 15.2 Å². The van der Waals surface area contributed by atoms with Gasteiger partial charge in [-0.05, 0) is 74.5 Å². The van der Waals surface area contributed by atoms with Gasteiger partial charge in [0, 0.05) is 61.3 Å². The largest absolute Gasteiger partial charge is 1.00 e. The number of pyridine rings is 1. The Morgan fingerprint density at radius 2 is 1.64 bits per heavy atom. The van der Waals surface area contributed by atoms with Gasteiger partial charge in [-0.1, -0.05) is 30.3 Å². The number of aromatic nitrogens is 1. The van der Waals surface area contributed by atoms with E-state index in [2.05, 4.69) is 25.4 Å². The fourth-order valence-electron chi connectivity index (χ4n) is 6.38. The first kappa shape index (κ1) is 40.8. The van der Waals surface area contributed by atoms with Crippen LogP contribution in [0.15, 0.2) is 85.1 Å². The number of ether oxygens (including phenoxy) is 2. The van der Waals surface area contributed by atoms with Crippen LogP contribution in [-0.2, 0) is 22.2 Å². The molecule has 2 amide bonds. The van der Waals surface area contributed by atoms with Crippen LogP contribution < -0.4 is 66.9 Å².